The van der Waals surface area contributed by atoms with Crippen LogP contribution in [-0.2, 0) is 11.3 Å². The number of nitrogens with zero attached hydrogens (tertiary/aromatic N) is 5. The van der Waals surface area contributed by atoms with Gasteiger partial charge in [-0.25, -0.2) is 4.68 Å². The van der Waals surface area contributed by atoms with Crippen molar-refractivity contribution in [2.24, 2.45) is 0 Å². The molecule has 1 aromatic heterocycles. The zero-order valence-corrected chi connectivity index (χ0v) is 13.3. The summed E-state index contributed by atoms with van der Waals surface area (Å²) in [7, 11) is 0. The van der Waals surface area contributed by atoms with Gasteiger partial charge in [-0.05, 0) is 16.5 Å². The van der Waals surface area contributed by atoms with Crippen molar-refractivity contribution in [1.29, 1.82) is 0 Å². The summed E-state index contributed by atoms with van der Waals surface area (Å²) in [5.41, 5.74) is 0.152. The predicted molar refractivity (Wildman–Crippen MR) is 85.5 cm³/mol. The molecule has 2 rings (SSSR count). The van der Waals surface area contributed by atoms with Crippen LogP contribution in [0.3, 0.4) is 0 Å². The number of aromatic nitrogens is 4. The normalized spacial score (nSPS) is 10.3. The summed E-state index contributed by atoms with van der Waals surface area (Å²) in [4.78, 5) is 22.0. The van der Waals surface area contributed by atoms with Crippen molar-refractivity contribution >= 4 is 40.6 Å². The molecular formula is C12H11ClN6O3S. The molecule has 0 radical (unpaired) electrons. The van der Waals surface area contributed by atoms with Crippen LogP contribution < -0.4 is 5.32 Å². The molecule has 120 valence electrons. The van der Waals surface area contributed by atoms with Gasteiger partial charge in [-0.1, -0.05) is 29.4 Å². The summed E-state index contributed by atoms with van der Waals surface area (Å²) in [6, 6.07) is 3.82. The largest absolute Gasteiger partial charge is 0.324 e. The van der Waals surface area contributed by atoms with Gasteiger partial charge in [0, 0.05) is 12.1 Å². The number of rotatable bonds is 7. The minimum atomic E-state index is -0.563. The number of nitro groups is 1. The number of thioether (sulfide) groups is 1. The standard InChI is InChI=1S/C12H11ClN6O3S/c1-2-5-18-12(15-16-17-18)23-7-11(20)14-10-4-3-8(19(21)22)6-9(10)13/h2-4,6H,1,5,7H2,(H,14,20). The van der Waals surface area contributed by atoms with Crippen LogP contribution in [-0.4, -0.2) is 36.8 Å². The summed E-state index contributed by atoms with van der Waals surface area (Å²) in [6.07, 6.45) is 1.64. The Kier molecular flexibility index (Phi) is 5.66. The Morgan fingerprint density at radius 2 is 2.35 bits per heavy atom. The Balaban J connectivity index is 1.96. The SMILES string of the molecule is C=CCn1nnnc1SCC(=O)Nc1ccc([N+](=O)[O-])cc1Cl. The maximum absolute atomic E-state index is 11.9. The Morgan fingerprint density at radius 1 is 1.57 bits per heavy atom. The van der Waals surface area contributed by atoms with E-state index in [4.69, 9.17) is 11.6 Å². The molecule has 23 heavy (non-hydrogen) atoms. The highest BCUT2D eigenvalue weighted by atomic mass is 35.5. The zero-order chi connectivity index (χ0) is 16.8. The fraction of sp³-hybridized carbons (Fsp3) is 0.167. The van der Waals surface area contributed by atoms with E-state index in [-0.39, 0.29) is 22.4 Å². The lowest BCUT2D eigenvalue weighted by Gasteiger charge is -2.06. The van der Waals surface area contributed by atoms with Crippen molar-refractivity contribution in [3.63, 3.8) is 0 Å². The molecule has 0 spiro atoms. The van der Waals surface area contributed by atoms with Crippen molar-refractivity contribution < 1.29 is 9.72 Å². The Hall–Kier alpha value is -2.46. The summed E-state index contributed by atoms with van der Waals surface area (Å²) in [5, 5.41) is 24.9. The molecule has 2 aromatic rings. The predicted octanol–water partition coefficient (Wildman–Crippen LogP) is 2.15. The van der Waals surface area contributed by atoms with Crippen molar-refractivity contribution in [3.8, 4) is 0 Å². The first-order valence-electron chi connectivity index (χ1n) is 6.25. The molecule has 0 saturated carbocycles. The van der Waals surface area contributed by atoms with Crippen LogP contribution in [0.2, 0.25) is 5.02 Å². The van der Waals surface area contributed by atoms with E-state index in [2.05, 4.69) is 27.4 Å². The van der Waals surface area contributed by atoms with Crippen LogP contribution >= 0.6 is 23.4 Å². The van der Waals surface area contributed by atoms with Crippen molar-refractivity contribution in [1.82, 2.24) is 20.2 Å². The molecule has 1 aromatic carbocycles. The summed E-state index contributed by atoms with van der Waals surface area (Å²) in [6.45, 7) is 4.03. The van der Waals surface area contributed by atoms with Gasteiger partial charge in [-0.15, -0.1) is 11.7 Å². The Labute approximate surface area is 139 Å². The van der Waals surface area contributed by atoms with Crippen LogP contribution in [0.4, 0.5) is 11.4 Å². The number of allylic oxidation sites excluding steroid dienone is 1. The number of nitro benzene ring substituents is 1. The molecule has 1 amide bonds. The number of amides is 1. The number of carbonyl (C=O) groups is 1. The highest BCUT2D eigenvalue weighted by molar-refractivity contribution is 7.99. The van der Waals surface area contributed by atoms with Crippen LogP contribution in [0.15, 0.2) is 36.0 Å². The first-order valence-corrected chi connectivity index (χ1v) is 7.61. The average molecular weight is 355 g/mol. The maximum atomic E-state index is 11.9. The highest BCUT2D eigenvalue weighted by Gasteiger charge is 2.13. The molecule has 0 atom stereocenters. The third-order valence-electron chi connectivity index (χ3n) is 2.57. The fourth-order valence-corrected chi connectivity index (χ4v) is 2.48. The number of benzene rings is 1. The van der Waals surface area contributed by atoms with E-state index in [0.29, 0.717) is 17.4 Å². The second-order valence-electron chi connectivity index (χ2n) is 4.19. The van der Waals surface area contributed by atoms with Crippen molar-refractivity contribution in [2.45, 2.75) is 11.7 Å². The maximum Gasteiger partial charge on any atom is 0.271 e. The topological polar surface area (TPSA) is 116 Å². The average Bonchev–Trinajstić information content (AvgIpc) is 2.95. The second-order valence-corrected chi connectivity index (χ2v) is 5.54. The van der Waals surface area contributed by atoms with Gasteiger partial charge in [0.15, 0.2) is 0 Å². The number of hydrogen-bond acceptors (Lipinski definition) is 7. The molecule has 0 unspecified atom stereocenters. The number of hydrogen-bond donors (Lipinski definition) is 1. The molecule has 0 fully saturated rings. The van der Waals surface area contributed by atoms with E-state index in [0.717, 1.165) is 11.8 Å². The lowest BCUT2D eigenvalue weighted by atomic mass is 10.3. The van der Waals surface area contributed by atoms with Gasteiger partial charge in [-0.3, -0.25) is 14.9 Å². The molecule has 0 saturated heterocycles. The highest BCUT2D eigenvalue weighted by Crippen LogP contribution is 2.27. The van der Waals surface area contributed by atoms with Gasteiger partial charge < -0.3 is 5.32 Å². The van der Waals surface area contributed by atoms with Crippen LogP contribution in [0.1, 0.15) is 0 Å². The number of nitrogens with one attached hydrogen (secondary N) is 1. The third-order valence-corrected chi connectivity index (χ3v) is 3.84. The van der Waals surface area contributed by atoms with E-state index < -0.39 is 4.92 Å². The lowest BCUT2D eigenvalue weighted by Crippen LogP contribution is -2.15. The molecule has 9 nitrogen and oxygen atoms in total. The quantitative estimate of drug-likeness (QED) is 0.350. The molecule has 0 aliphatic heterocycles. The zero-order valence-electron chi connectivity index (χ0n) is 11.7. The third kappa shape index (κ3) is 4.50. The number of anilines is 1. The molecule has 0 aliphatic rings. The van der Waals surface area contributed by atoms with E-state index in [9.17, 15) is 14.9 Å². The second kappa shape index (κ2) is 7.70. The minimum absolute atomic E-state index is 0.0603. The lowest BCUT2D eigenvalue weighted by molar-refractivity contribution is -0.384. The fourth-order valence-electron chi connectivity index (χ4n) is 1.57. The van der Waals surface area contributed by atoms with E-state index in [1.807, 2.05) is 0 Å². The number of non-ortho nitro benzene ring substituents is 1. The van der Waals surface area contributed by atoms with Gasteiger partial charge in [0.1, 0.15) is 0 Å². The van der Waals surface area contributed by atoms with Crippen LogP contribution in [0.5, 0.6) is 0 Å². The van der Waals surface area contributed by atoms with Gasteiger partial charge in [0.05, 0.1) is 27.9 Å². The molecule has 0 bridgehead atoms. The Bertz CT molecular complexity index is 750. The van der Waals surface area contributed by atoms with Crippen LogP contribution in [0.25, 0.3) is 0 Å². The number of halogens is 1. The first kappa shape index (κ1) is 16.9. The summed E-state index contributed by atoms with van der Waals surface area (Å²) < 4.78 is 1.50. The van der Waals surface area contributed by atoms with Gasteiger partial charge in [0.25, 0.3) is 5.69 Å². The number of tetrazole rings is 1. The monoisotopic (exact) mass is 354 g/mol. The van der Waals surface area contributed by atoms with Gasteiger partial charge >= 0.3 is 0 Å². The Morgan fingerprint density at radius 3 is 3.00 bits per heavy atom. The van der Waals surface area contributed by atoms with Crippen molar-refractivity contribution in [2.75, 3.05) is 11.1 Å². The summed E-state index contributed by atoms with van der Waals surface area (Å²) >= 11 is 7.06. The van der Waals surface area contributed by atoms with Crippen molar-refractivity contribution in [3.05, 3.63) is 46.0 Å². The smallest absolute Gasteiger partial charge is 0.271 e. The molecule has 0 aliphatic carbocycles. The van der Waals surface area contributed by atoms with Crippen LogP contribution in [0, 0.1) is 10.1 Å². The molecule has 11 heteroatoms. The molecule has 1 N–H and O–H groups in total. The molecule has 1 heterocycles. The number of carbonyl (C=O) groups excluding carboxylic acids is 1. The van der Waals surface area contributed by atoms with Gasteiger partial charge in [-0.2, -0.15) is 0 Å². The first-order chi connectivity index (χ1) is 11.0. The van der Waals surface area contributed by atoms with E-state index in [1.54, 1.807) is 6.08 Å². The minimum Gasteiger partial charge on any atom is -0.324 e. The van der Waals surface area contributed by atoms with Gasteiger partial charge in [0.2, 0.25) is 11.1 Å². The van der Waals surface area contributed by atoms with E-state index >= 15 is 0 Å². The van der Waals surface area contributed by atoms with E-state index in [1.165, 1.54) is 22.9 Å². The molecular weight excluding hydrogens is 344 g/mol. The summed E-state index contributed by atoms with van der Waals surface area (Å²) in [5.74, 6) is -0.274.